The summed E-state index contributed by atoms with van der Waals surface area (Å²) in [6, 6.07) is 14.6. The molecule has 0 saturated heterocycles. The van der Waals surface area contributed by atoms with Crippen molar-refractivity contribution in [2.45, 2.75) is 6.42 Å². The molecular formula is C19H17BrClN3O2. The van der Waals surface area contributed by atoms with E-state index in [1.165, 1.54) is 13.3 Å². The normalized spacial score (nSPS) is 10.8. The Balaban J connectivity index is 1.93. The number of anilines is 1. The van der Waals surface area contributed by atoms with E-state index < -0.39 is 5.91 Å². The maximum absolute atomic E-state index is 12.2. The van der Waals surface area contributed by atoms with Gasteiger partial charge in [0.15, 0.2) is 0 Å². The molecule has 0 bridgehead atoms. The van der Waals surface area contributed by atoms with Crippen molar-refractivity contribution in [3.05, 3.63) is 69.3 Å². The average Bonchev–Trinajstić information content (AvgIpc) is 2.63. The smallest absolute Gasteiger partial charge is 0.267 e. The van der Waals surface area contributed by atoms with Gasteiger partial charge in [0.1, 0.15) is 17.4 Å². The number of hydrogen-bond donors (Lipinski definition) is 2. The zero-order valence-corrected chi connectivity index (χ0v) is 16.4. The molecule has 2 rings (SSSR count). The summed E-state index contributed by atoms with van der Waals surface area (Å²) in [6.45, 7) is 0.593. The number of halogens is 2. The van der Waals surface area contributed by atoms with Gasteiger partial charge in [0.2, 0.25) is 0 Å². The minimum absolute atomic E-state index is 0.0240. The lowest BCUT2D eigenvalue weighted by molar-refractivity contribution is -0.112. The van der Waals surface area contributed by atoms with E-state index in [2.05, 4.69) is 26.6 Å². The number of carbonyl (C=O) groups is 1. The van der Waals surface area contributed by atoms with Crippen molar-refractivity contribution in [1.29, 1.82) is 5.26 Å². The van der Waals surface area contributed by atoms with Crippen LogP contribution in [0.5, 0.6) is 5.75 Å². The third-order valence-corrected chi connectivity index (χ3v) is 4.59. The molecule has 2 aromatic carbocycles. The average molecular weight is 435 g/mol. The van der Waals surface area contributed by atoms with Crippen molar-refractivity contribution in [3.8, 4) is 11.8 Å². The van der Waals surface area contributed by atoms with Gasteiger partial charge in [0.25, 0.3) is 5.91 Å². The quantitative estimate of drug-likeness (QED) is 0.387. The summed E-state index contributed by atoms with van der Waals surface area (Å²) in [6.07, 6.45) is 2.17. The predicted molar refractivity (Wildman–Crippen MR) is 106 cm³/mol. The molecule has 5 nitrogen and oxygen atoms in total. The first-order chi connectivity index (χ1) is 12.5. The number of benzene rings is 2. The number of hydrogen-bond acceptors (Lipinski definition) is 4. The summed E-state index contributed by atoms with van der Waals surface area (Å²) in [5.41, 5.74) is 1.60. The minimum Gasteiger partial charge on any atom is -0.495 e. The standard InChI is InChI=1S/C19H17BrClN3O2/c1-26-18-7-6-15(10-17(18)21)24-19(25)14(11-22)12-23-9-8-13-4-2-3-5-16(13)20/h2-7,10,12,23H,8-9H2,1H3,(H,24,25)/b14-12-. The molecule has 134 valence electrons. The fraction of sp³-hybridized carbons (Fsp3) is 0.158. The number of nitriles is 1. The molecule has 0 saturated carbocycles. The van der Waals surface area contributed by atoms with Gasteiger partial charge in [-0.2, -0.15) is 5.26 Å². The Labute approximate surface area is 165 Å². The Morgan fingerprint density at radius 1 is 1.35 bits per heavy atom. The maximum Gasteiger partial charge on any atom is 0.267 e. The van der Waals surface area contributed by atoms with Gasteiger partial charge in [-0.25, -0.2) is 0 Å². The largest absolute Gasteiger partial charge is 0.495 e. The number of carbonyl (C=O) groups excluding carboxylic acids is 1. The molecule has 1 amide bonds. The van der Waals surface area contributed by atoms with Crippen LogP contribution in [-0.2, 0) is 11.2 Å². The molecule has 0 aromatic heterocycles. The van der Waals surface area contributed by atoms with Crippen molar-refractivity contribution >= 4 is 39.1 Å². The zero-order chi connectivity index (χ0) is 18.9. The maximum atomic E-state index is 12.2. The molecule has 0 spiro atoms. The highest BCUT2D eigenvalue weighted by Crippen LogP contribution is 2.27. The molecule has 2 N–H and O–H groups in total. The Morgan fingerprint density at radius 3 is 2.77 bits per heavy atom. The van der Waals surface area contributed by atoms with Gasteiger partial charge in [0.05, 0.1) is 12.1 Å². The van der Waals surface area contributed by atoms with E-state index >= 15 is 0 Å². The zero-order valence-electron chi connectivity index (χ0n) is 14.1. The van der Waals surface area contributed by atoms with Crippen molar-refractivity contribution in [1.82, 2.24) is 5.32 Å². The molecule has 0 heterocycles. The van der Waals surface area contributed by atoms with Gasteiger partial charge in [-0.15, -0.1) is 0 Å². The first-order valence-electron chi connectivity index (χ1n) is 7.77. The van der Waals surface area contributed by atoms with E-state index in [1.54, 1.807) is 18.2 Å². The fourth-order valence-electron chi connectivity index (χ4n) is 2.17. The number of rotatable bonds is 7. The van der Waals surface area contributed by atoms with Crippen LogP contribution in [0.3, 0.4) is 0 Å². The third-order valence-electron chi connectivity index (χ3n) is 3.52. The molecule has 26 heavy (non-hydrogen) atoms. The molecule has 0 unspecified atom stereocenters. The molecule has 0 radical (unpaired) electrons. The Hall–Kier alpha value is -2.49. The second-order valence-electron chi connectivity index (χ2n) is 5.27. The SMILES string of the molecule is COc1ccc(NC(=O)/C(C#N)=C\NCCc2ccccc2Br)cc1Cl. The second kappa shape index (κ2) is 9.85. The number of nitrogens with zero attached hydrogens (tertiary/aromatic N) is 1. The van der Waals surface area contributed by atoms with Crippen LogP contribution < -0.4 is 15.4 Å². The lowest BCUT2D eigenvalue weighted by atomic mass is 10.1. The van der Waals surface area contributed by atoms with Crippen LogP contribution in [0.25, 0.3) is 0 Å². The van der Waals surface area contributed by atoms with E-state index in [0.717, 1.165) is 16.5 Å². The highest BCUT2D eigenvalue weighted by molar-refractivity contribution is 9.10. The molecule has 2 aromatic rings. The number of nitrogens with one attached hydrogen (secondary N) is 2. The Bertz CT molecular complexity index is 862. The second-order valence-corrected chi connectivity index (χ2v) is 6.53. The minimum atomic E-state index is -0.512. The topological polar surface area (TPSA) is 74.1 Å². The van der Waals surface area contributed by atoms with Crippen molar-refractivity contribution in [2.24, 2.45) is 0 Å². The third kappa shape index (κ3) is 5.51. The highest BCUT2D eigenvalue weighted by Gasteiger charge is 2.10. The molecule has 0 fully saturated rings. The number of ether oxygens (including phenoxy) is 1. The fourth-order valence-corrected chi connectivity index (χ4v) is 2.91. The highest BCUT2D eigenvalue weighted by atomic mass is 79.9. The van der Waals surface area contributed by atoms with E-state index in [4.69, 9.17) is 16.3 Å². The Kier molecular flexibility index (Phi) is 7.52. The van der Waals surface area contributed by atoms with Gasteiger partial charge in [-0.3, -0.25) is 4.79 Å². The molecule has 0 aliphatic heterocycles. The van der Waals surface area contributed by atoms with E-state index in [0.29, 0.717) is 23.0 Å². The molecule has 0 atom stereocenters. The van der Waals surface area contributed by atoms with E-state index in [9.17, 15) is 10.1 Å². The first-order valence-corrected chi connectivity index (χ1v) is 8.94. The van der Waals surface area contributed by atoms with Gasteiger partial charge >= 0.3 is 0 Å². The molecular weight excluding hydrogens is 418 g/mol. The van der Waals surface area contributed by atoms with Crippen molar-refractivity contribution < 1.29 is 9.53 Å². The summed E-state index contributed by atoms with van der Waals surface area (Å²) in [5.74, 6) is -0.00317. The van der Waals surface area contributed by atoms with Gasteiger partial charge in [0, 0.05) is 22.9 Å². The van der Waals surface area contributed by atoms with Crippen molar-refractivity contribution in [3.63, 3.8) is 0 Å². The summed E-state index contributed by atoms with van der Waals surface area (Å²) < 4.78 is 6.09. The Morgan fingerprint density at radius 2 is 2.12 bits per heavy atom. The van der Waals surface area contributed by atoms with Crippen LogP contribution in [0.15, 0.2) is 58.7 Å². The van der Waals surface area contributed by atoms with E-state index in [-0.39, 0.29) is 5.57 Å². The van der Waals surface area contributed by atoms with Crippen molar-refractivity contribution in [2.75, 3.05) is 19.0 Å². The predicted octanol–water partition coefficient (Wildman–Crippen LogP) is 4.29. The van der Waals surface area contributed by atoms with Crippen LogP contribution in [0.1, 0.15) is 5.56 Å². The summed E-state index contributed by atoms with van der Waals surface area (Å²) in [7, 11) is 1.51. The van der Waals surface area contributed by atoms with Gasteiger partial charge in [-0.05, 0) is 36.2 Å². The summed E-state index contributed by atoms with van der Waals surface area (Å²) >= 11 is 9.52. The van der Waals surface area contributed by atoms with Crippen LogP contribution in [0.4, 0.5) is 5.69 Å². The first kappa shape index (κ1) is 19.8. The molecule has 7 heteroatoms. The molecule has 0 aliphatic rings. The number of methoxy groups -OCH3 is 1. The summed E-state index contributed by atoms with van der Waals surface area (Å²) in [5, 5.41) is 15.2. The van der Waals surface area contributed by atoms with Crippen LogP contribution in [0, 0.1) is 11.3 Å². The van der Waals surface area contributed by atoms with Gasteiger partial charge in [-0.1, -0.05) is 45.7 Å². The van der Waals surface area contributed by atoms with Crippen LogP contribution >= 0.6 is 27.5 Å². The lowest BCUT2D eigenvalue weighted by Gasteiger charge is -2.08. The van der Waals surface area contributed by atoms with E-state index in [1.807, 2.05) is 30.3 Å². The lowest BCUT2D eigenvalue weighted by Crippen LogP contribution is -2.18. The summed E-state index contributed by atoms with van der Waals surface area (Å²) in [4.78, 5) is 12.2. The van der Waals surface area contributed by atoms with Crippen LogP contribution in [0.2, 0.25) is 5.02 Å². The molecule has 0 aliphatic carbocycles. The van der Waals surface area contributed by atoms with Crippen LogP contribution in [-0.4, -0.2) is 19.6 Å². The van der Waals surface area contributed by atoms with Gasteiger partial charge < -0.3 is 15.4 Å². The number of amides is 1. The monoisotopic (exact) mass is 433 g/mol.